The number of aliphatic hydroxyl groups is 1. The molecule has 2 rings (SSSR count). The van der Waals surface area contributed by atoms with Crippen molar-refractivity contribution >= 4 is 11.6 Å². The second-order valence-corrected chi connectivity index (χ2v) is 5.43. The molecule has 5 heteroatoms. The molecule has 1 heterocycles. The van der Waals surface area contributed by atoms with Crippen LogP contribution in [0.2, 0.25) is 0 Å². The molecule has 19 heavy (non-hydrogen) atoms. The third-order valence-electron chi connectivity index (χ3n) is 3.95. The molecule has 0 aromatic carbocycles. The predicted octanol–water partition coefficient (Wildman–Crippen LogP) is 2.12. The van der Waals surface area contributed by atoms with Crippen LogP contribution in [-0.4, -0.2) is 27.2 Å². The average molecular weight is 264 g/mol. The summed E-state index contributed by atoms with van der Waals surface area (Å²) in [6.07, 6.45) is 8.63. The van der Waals surface area contributed by atoms with Gasteiger partial charge >= 0.3 is 0 Å². The van der Waals surface area contributed by atoms with Crippen molar-refractivity contribution in [3.8, 4) is 0 Å². The minimum atomic E-state index is -0.610. The molecule has 0 atom stereocenters. The van der Waals surface area contributed by atoms with E-state index in [0.717, 1.165) is 43.5 Å². The van der Waals surface area contributed by atoms with Gasteiger partial charge in [0.25, 0.3) is 0 Å². The molecule has 1 fully saturated rings. The second-order valence-electron chi connectivity index (χ2n) is 5.43. The molecule has 0 spiro atoms. The van der Waals surface area contributed by atoms with Crippen LogP contribution in [0.15, 0.2) is 6.33 Å². The normalized spacial score (nSPS) is 18.8. The van der Waals surface area contributed by atoms with Gasteiger partial charge in [0.1, 0.15) is 18.0 Å². The Kier molecular flexibility index (Phi) is 4.58. The van der Waals surface area contributed by atoms with Gasteiger partial charge in [-0.25, -0.2) is 9.97 Å². The number of nitrogens with two attached hydrogens (primary N) is 1. The maximum Gasteiger partial charge on any atom is 0.134 e. The van der Waals surface area contributed by atoms with Crippen molar-refractivity contribution in [1.82, 2.24) is 9.97 Å². The first-order valence-corrected chi connectivity index (χ1v) is 7.20. The zero-order valence-corrected chi connectivity index (χ0v) is 11.7. The van der Waals surface area contributed by atoms with Crippen LogP contribution in [-0.2, 0) is 6.42 Å². The molecule has 0 bridgehead atoms. The molecule has 0 amide bonds. The van der Waals surface area contributed by atoms with Crippen molar-refractivity contribution < 1.29 is 5.11 Å². The first-order valence-electron chi connectivity index (χ1n) is 7.20. The Morgan fingerprint density at radius 1 is 1.26 bits per heavy atom. The number of nitrogens with zero attached hydrogens (tertiary/aromatic N) is 2. The topological polar surface area (TPSA) is 84.1 Å². The fourth-order valence-electron chi connectivity index (χ4n) is 2.74. The molecule has 1 saturated carbocycles. The summed E-state index contributed by atoms with van der Waals surface area (Å²) in [7, 11) is 0. The molecular weight excluding hydrogens is 240 g/mol. The van der Waals surface area contributed by atoms with Gasteiger partial charge in [-0.1, -0.05) is 32.6 Å². The highest BCUT2D eigenvalue weighted by Crippen LogP contribution is 2.28. The summed E-state index contributed by atoms with van der Waals surface area (Å²) in [4.78, 5) is 8.24. The Balaban J connectivity index is 2.03. The van der Waals surface area contributed by atoms with Crippen LogP contribution in [0.1, 0.15) is 51.0 Å². The monoisotopic (exact) mass is 264 g/mol. The van der Waals surface area contributed by atoms with E-state index in [4.69, 9.17) is 5.73 Å². The third-order valence-corrected chi connectivity index (χ3v) is 3.95. The fourth-order valence-corrected chi connectivity index (χ4v) is 2.74. The Labute approximate surface area is 114 Å². The van der Waals surface area contributed by atoms with Gasteiger partial charge in [0.05, 0.1) is 5.60 Å². The van der Waals surface area contributed by atoms with Crippen LogP contribution in [0.5, 0.6) is 0 Å². The highest BCUT2D eigenvalue weighted by molar-refractivity contribution is 5.54. The zero-order valence-electron chi connectivity index (χ0n) is 11.7. The van der Waals surface area contributed by atoms with Crippen LogP contribution in [0.25, 0.3) is 0 Å². The zero-order chi connectivity index (χ0) is 13.7. The molecule has 1 aromatic heterocycles. The van der Waals surface area contributed by atoms with E-state index in [0.29, 0.717) is 12.4 Å². The summed E-state index contributed by atoms with van der Waals surface area (Å²) >= 11 is 0. The first-order chi connectivity index (χ1) is 9.14. The maximum absolute atomic E-state index is 10.6. The van der Waals surface area contributed by atoms with E-state index >= 15 is 0 Å². The maximum atomic E-state index is 10.6. The molecular formula is C14H24N4O. The van der Waals surface area contributed by atoms with Gasteiger partial charge in [0, 0.05) is 12.1 Å². The van der Waals surface area contributed by atoms with Crippen molar-refractivity contribution in [2.75, 3.05) is 17.6 Å². The molecule has 4 N–H and O–H groups in total. The Morgan fingerprint density at radius 3 is 2.58 bits per heavy atom. The smallest absolute Gasteiger partial charge is 0.134 e. The number of hydrogen-bond acceptors (Lipinski definition) is 5. The number of anilines is 2. The number of aromatic nitrogens is 2. The third kappa shape index (κ3) is 3.56. The van der Waals surface area contributed by atoms with Gasteiger partial charge in [0.2, 0.25) is 0 Å². The molecule has 106 valence electrons. The van der Waals surface area contributed by atoms with Crippen molar-refractivity contribution in [2.45, 2.75) is 57.5 Å². The van der Waals surface area contributed by atoms with E-state index in [2.05, 4.69) is 15.3 Å². The van der Waals surface area contributed by atoms with Crippen LogP contribution < -0.4 is 11.1 Å². The Bertz CT molecular complexity index is 414. The number of nitrogens with one attached hydrogen (secondary N) is 1. The molecule has 0 aliphatic heterocycles. The summed E-state index contributed by atoms with van der Waals surface area (Å²) in [5.41, 5.74) is 6.17. The van der Waals surface area contributed by atoms with Gasteiger partial charge < -0.3 is 16.2 Å². The minimum Gasteiger partial charge on any atom is -0.388 e. The van der Waals surface area contributed by atoms with Crippen LogP contribution in [0.3, 0.4) is 0 Å². The lowest BCUT2D eigenvalue weighted by Gasteiger charge is -2.27. The molecule has 1 aromatic rings. The van der Waals surface area contributed by atoms with E-state index in [1.165, 1.54) is 19.2 Å². The van der Waals surface area contributed by atoms with E-state index in [1.807, 2.05) is 6.92 Å². The van der Waals surface area contributed by atoms with Gasteiger partial charge in [-0.2, -0.15) is 0 Å². The van der Waals surface area contributed by atoms with E-state index < -0.39 is 5.60 Å². The Hall–Kier alpha value is -1.36. The van der Waals surface area contributed by atoms with E-state index in [-0.39, 0.29) is 0 Å². The van der Waals surface area contributed by atoms with Gasteiger partial charge in [-0.3, -0.25) is 0 Å². The van der Waals surface area contributed by atoms with Crippen molar-refractivity contribution in [3.63, 3.8) is 0 Å². The van der Waals surface area contributed by atoms with Crippen molar-refractivity contribution in [3.05, 3.63) is 11.9 Å². The lowest BCUT2D eigenvalue weighted by Crippen LogP contribution is -2.36. The van der Waals surface area contributed by atoms with Crippen molar-refractivity contribution in [2.24, 2.45) is 0 Å². The summed E-state index contributed by atoms with van der Waals surface area (Å²) in [6, 6.07) is 0. The van der Waals surface area contributed by atoms with E-state index in [1.54, 1.807) is 0 Å². The molecule has 0 saturated heterocycles. The Morgan fingerprint density at radius 2 is 1.95 bits per heavy atom. The molecule has 0 radical (unpaired) electrons. The largest absolute Gasteiger partial charge is 0.388 e. The van der Waals surface area contributed by atoms with Crippen LogP contribution in [0.4, 0.5) is 11.6 Å². The van der Waals surface area contributed by atoms with Crippen LogP contribution >= 0.6 is 0 Å². The highest BCUT2D eigenvalue weighted by Gasteiger charge is 2.28. The lowest BCUT2D eigenvalue weighted by molar-refractivity contribution is 0.0380. The number of rotatable bonds is 4. The van der Waals surface area contributed by atoms with Gasteiger partial charge in [-0.05, 0) is 19.3 Å². The summed E-state index contributed by atoms with van der Waals surface area (Å²) in [5, 5.41) is 13.9. The second kappa shape index (κ2) is 6.19. The molecule has 1 aliphatic carbocycles. The van der Waals surface area contributed by atoms with Gasteiger partial charge in [0.15, 0.2) is 0 Å². The predicted molar refractivity (Wildman–Crippen MR) is 77.0 cm³/mol. The van der Waals surface area contributed by atoms with Crippen molar-refractivity contribution in [1.29, 1.82) is 0 Å². The molecule has 1 aliphatic rings. The summed E-state index contributed by atoms with van der Waals surface area (Å²) in [6.45, 7) is 2.57. The summed E-state index contributed by atoms with van der Waals surface area (Å²) < 4.78 is 0. The number of nitrogen functional groups attached to an aromatic ring is 1. The quantitative estimate of drug-likeness (QED) is 0.725. The molecule has 0 unspecified atom stereocenters. The summed E-state index contributed by atoms with van der Waals surface area (Å²) in [5.74, 6) is 1.28. The van der Waals surface area contributed by atoms with E-state index in [9.17, 15) is 5.11 Å². The minimum absolute atomic E-state index is 0.521. The molecule has 5 nitrogen and oxygen atoms in total. The number of hydrogen-bond donors (Lipinski definition) is 3. The van der Waals surface area contributed by atoms with Gasteiger partial charge in [-0.15, -0.1) is 0 Å². The SMILES string of the molecule is CCc1c(N)ncnc1NCC1(O)CCCCCC1. The lowest BCUT2D eigenvalue weighted by atomic mass is 9.94. The first kappa shape index (κ1) is 14.1. The van der Waals surface area contributed by atoms with Crippen LogP contribution in [0, 0.1) is 0 Å². The highest BCUT2D eigenvalue weighted by atomic mass is 16.3. The average Bonchev–Trinajstić information content (AvgIpc) is 2.62. The standard InChI is InChI=1S/C14H24N4O/c1-2-11-12(15)17-10-18-13(11)16-9-14(19)7-5-3-4-6-8-14/h10,19H,2-9H2,1H3,(H3,15,16,17,18). The fraction of sp³-hybridized carbons (Fsp3) is 0.714.